The Kier molecular flexibility index (Phi) is 2.50. The van der Waals surface area contributed by atoms with Crippen molar-refractivity contribution in [3.63, 3.8) is 0 Å². The van der Waals surface area contributed by atoms with Gasteiger partial charge in [-0.1, -0.05) is 12.2 Å². The number of rotatable bonds is 5. The van der Waals surface area contributed by atoms with Crippen LogP contribution in [0.15, 0.2) is 12.3 Å². The highest BCUT2D eigenvalue weighted by molar-refractivity contribution is 7.80. The Morgan fingerprint density at radius 2 is 2.29 bits per heavy atom. The van der Waals surface area contributed by atoms with Gasteiger partial charge >= 0.3 is 0 Å². The Morgan fingerprint density at radius 3 is 2.88 bits per heavy atom. The molecule has 5 heteroatoms. The maximum atomic E-state index is 5.55. The third-order valence-corrected chi connectivity index (χ3v) is 4.05. The summed E-state index contributed by atoms with van der Waals surface area (Å²) < 4.78 is 0. The van der Waals surface area contributed by atoms with Crippen LogP contribution in [0.1, 0.15) is 31.4 Å². The van der Waals surface area contributed by atoms with Crippen molar-refractivity contribution in [1.29, 1.82) is 0 Å². The van der Waals surface area contributed by atoms with Crippen molar-refractivity contribution in [2.45, 2.75) is 25.7 Å². The SMILES string of the molecule is NC(=S)c1ccnc(NCC2(C3CC3)CC2)n1. The smallest absolute Gasteiger partial charge is 0.223 e. The van der Waals surface area contributed by atoms with Gasteiger partial charge in [-0.15, -0.1) is 0 Å². The van der Waals surface area contributed by atoms with Gasteiger partial charge < -0.3 is 11.1 Å². The molecule has 0 aliphatic heterocycles. The summed E-state index contributed by atoms with van der Waals surface area (Å²) in [6, 6.07) is 1.74. The van der Waals surface area contributed by atoms with Gasteiger partial charge in [0.2, 0.25) is 5.95 Å². The maximum Gasteiger partial charge on any atom is 0.223 e. The lowest BCUT2D eigenvalue weighted by atomic mass is 10.0. The van der Waals surface area contributed by atoms with Crippen LogP contribution in [0.25, 0.3) is 0 Å². The summed E-state index contributed by atoms with van der Waals surface area (Å²) in [7, 11) is 0. The molecule has 4 nitrogen and oxygen atoms in total. The minimum atomic E-state index is 0.318. The maximum absolute atomic E-state index is 5.55. The molecule has 0 saturated heterocycles. The summed E-state index contributed by atoms with van der Waals surface area (Å²) in [6.07, 6.45) is 7.19. The average Bonchev–Trinajstić information content (AvgIpc) is 3.17. The zero-order valence-corrected chi connectivity index (χ0v) is 10.5. The Bertz CT molecular complexity index is 452. The first-order valence-corrected chi connectivity index (χ1v) is 6.47. The predicted molar refractivity (Wildman–Crippen MR) is 70.8 cm³/mol. The second kappa shape index (κ2) is 3.91. The fourth-order valence-corrected chi connectivity index (χ4v) is 2.54. The molecule has 2 saturated carbocycles. The number of nitrogens with one attached hydrogen (secondary N) is 1. The molecule has 0 spiro atoms. The largest absolute Gasteiger partial charge is 0.388 e. The molecule has 2 aliphatic rings. The molecule has 0 unspecified atom stereocenters. The Labute approximate surface area is 106 Å². The number of aromatic nitrogens is 2. The monoisotopic (exact) mass is 248 g/mol. The molecule has 0 amide bonds. The Hall–Kier alpha value is -1.23. The van der Waals surface area contributed by atoms with E-state index in [9.17, 15) is 0 Å². The van der Waals surface area contributed by atoms with Crippen molar-refractivity contribution in [2.24, 2.45) is 17.1 Å². The van der Waals surface area contributed by atoms with E-state index in [0.717, 1.165) is 12.5 Å². The minimum Gasteiger partial charge on any atom is -0.388 e. The molecule has 0 atom stereocenters. The van der Waals surface area contributed by atoms with Crippen molar-refractivity contribution in [1.82, 2.24) is 9.97 Å². The van der Waals surface area contributed by atoms with E-state index in [1.807, 2.05) is 0 Å². The molecular weight excluding hydrogens is 232 g/mol. The van der Waals surface area contributed by atoms with Crippen LogP contribution < -0.4 is 11.1 Å². The summed E-state index contributed by atoms with van der Waals surface area (Å²) in [5.74, 6) is 1.58. The van der Waals surface area contributed by atoms with Crippen LogP contribution in [-0.4, -0.2) is 21.5 Å². The van der Waals surface area contributed by atoms with Gasteiger partial charge in [0.1, 0.15) is 10.7 Å². The molecule has 3 N–H and O–H groups in total. The van der Waals surface area contributed by atoms with Crippen molar-refractivity contribution in [3.8, 4) is 0 Å². The summed E-state index contributed by atoms with van der Waals surface area (Å²) in [4.78, 5) is 8.81. The van der Waals surface area contributed by atoms with Crippen molar-refractivity contribution < 1.29 is 0 Å². The topological polar surface area (TPSA) is 63.8 Å². The number of nitrogens with two attached hydrogens (primary N) is 1. The second-order valence-electron chi connectivity index (χ2n) is 5.12. The van der Waals surface area contributed by atoms with Crippen molar-refractivity contribution >= 4 is 23.2 Å². The van der Waals surface area contributed by atoms with Gasteiger partial charge in [0.05, 0.1) is 0 Å². The van der Waals surface area contributed by atoms with Gasteiger partial charge in [-0.25, -0.2) is 9.97 Å². The highest BCUT2D eigenvalue weighted by Crippen LogP contribution is 2.61. The zero-order valence-electron chi connectivity index (χ0n) is 9.65. The third kappa shape index (κ3) is 2.24. The van der Waals surface area contributed by atoms with E-state index in [0.29, 0.717) is 22.0 Å². The van der Waals surface area contributed by atoms with Crippen LogP contribution in [0.5, 0.6) is 0 Å². The number of nitrogens with zero attached hydrogens (tertiary/aromatic N) is 2. The second-order valence-corrected chi connectivity index (χ2v) is 5.56. The van der Waals surface area contributed by atoms with Crippen LogP contribution >= 0.6 is 12.2 Å². The molecule has 90 valence electrons. The predicted octanol–water partition coefficient (Wildman–Crippen LogP) is 1.71. The van der Waals surface area contributed by atoms with Gasteiger partial charge in [0.15, 0.2) is 0 Å². The van der Waals surface area contributed by atoms with Gasteiger partial charge in [-0.05, 0) is 43.1 Å². The van der Waals surface area contributed by atoms with Crippen molar-refractivity contribution in [3.05, 3.63) is 18.0 Å². The van der Waals surface area contributed by atoms with Crippen LogP contribution in [0, 0.1) is 11.3 Å². The van der Waals surface area contributed by atoms with E-state index < -0.39 is 0 Å². The van der Waals surface area contributed by atoms with Gasteiger partial charge in [0, 0.05) is 12.7 Å². The molecule has 0 bridgehead atoms. The van der Waals surface area contributed by atoms with E-state index in [1.165, 1.54) is 25.7 Å². The van der Waals surface area contributed by atoms with E-state index in [1.54, 1.807) is 12.3 Å². The quantitative estimate of drug-likeness (QED) is 0.777. The number of thiocarbonyl (C=S) groups is 1. The normalized spacial score (nSPS) is 20.9. The highest BCUT2D eigenvalue weighted by atomic mass is 32.1. The van der Waals surface area contributed by atoms with Gasteiger partial charge in [0.25, 0.3) is 0 Å². The molecule has 0 radical (unpaired) electrons. The summed E-state index contributed by atoms with van der Waals surface area (Å²) in [5.41, 5.74) is 6.73. The Morgan fingerprint density at radius 1 is 1.53 bits per heavy atom. The molecule has 3 rings (SSSR count). The molecular formula is C12H16N4S. The lowest BCUT2D eigenvalue weighted by Gasteiger charge is -2.14. The first-order valence-electron chi connectivity index (χ1n) is 6.06. The van der Waals surface area contributed by atoms with Crippen LogP contribution in [0.3, 0.4) is 0 Å². The van der Waals surface area contributed by atoms with Crippen LogP contribution in [0.4, 0.5) is 5.95 Å². The lowest BCUT2D eigenvalue weighted by molar-refractivity contribution is 0.465. The average molecular weight is 248 g/mol. The summed E-state index contributed by atoms with van der Waals surface area (Å²) >= 11 is 4.90. The van der Waals surface area contributed by atoms with Crippen LogP contribution in [0.2, 0.25) is 0 Å². The molecule has 1 aromatic heterocycles. The molecule has 2 fully saturated rings. The number of anilines is 1. The fraction of sp³-hybridized carbons (Fsp3) is 0.583. The molecule has 2 aliphatic carbocycles. The zero-order chi connectivity index (χ0) is 11.9. The standard InChI is InChI=1S/C12H16N4S/c13-10(17)9-3-6-14-11(16-9)15-7-12(4-5-12)8-1-2-8/h3,6,8H,1-2,4-5,7H2,(H2,13,17)(H,14,15,16). The first kappa shape index (κ1) is 10.9. The Balaban J connectivity index is 1.64. The lowest BCUT2D eigenvalue weighted by Crippen LogP contribution is -2.20. The minimum absolute atomic E-state index is 0.318. The summed E-state index contributed by atoms with van der Waals surface area (Å²) in [6.45, 7) is 0.985. The van der Waals surface area contributed by atoms with E-state index in [-0.39, 0.29) is 0 Å². The van der Waals surface area contributed by atoms with Gasteiger partial charge in [-0.3, -0.25) is 0 Å². The van der Waals surface area contributed by atoms with Crippen LogP contribution in [-0.2, 0) is 0 Å². The fourth-order valence-electron chi connectivity index (χ4n) is 2.42. The molecule has 17 heavy (non-hydrogen) atoms. The van der Waals surface area contributed by atoms with E-state index in [4.69, 9.17) is 18.0 Å². The molecule has 1 heterocycles. The summed E-state index contributed by atoms with van der Waals surface area (Å²) in [5, 5.41) is 3.33. The number of hydrogen-bond donors (Lipinski definition) is 2. The molecule has 1 aromatic rings. The van der Waals surface area contributed by atoms with Crippen molar-refractivity contribution in [2.75, 3.05) is 11.9 Å². The third-order valence-electron chi connectivity index (χ3n) is 3.84. The van der Waals surface area contributed by atoms with E-state index >= 15 is 0 Å². The highest BCUT2D eigenvalue weighted by Gasteiger charge is 2.53. The first-order chi connectivity index (χ1) is 8.20. The van der Waals surface area contributed by atoms with E-state index in [2.05, 4.69) is 15.3 Å². The number of hydrogen-bond acceptors (Lipinski definition) is 4. The van der Waals surface area contributed by atoms with Gasteiger partial charge in [-0.2, -0.15) is 0 Å². The molecule has 0 aromatic carbocycles.